The molecule has 0 bridgehead atoms. The second-order valence-electron chi connectivity index (χ2n) is 4.68. The highest BCUT2D eigenvalue weighted by atomic mass is 14.9. The van der Waals surface area contributed by atoms with Gasteiger partial charge in [0, 0.05) is 11.7 Å². The Hall–Kier alpha value is -1.49. The van der Waals surface area contributed by atoms with Crippen LogP contribution in [0.1, 0.15) is 50.7 Å². The van der Waals surface area contributed by atoms with Gasteiger partial charge < -0.3 is 5.32 Å². The van der Waals surface area contributed by atoms with Gasteiger partial charge in [0.25, 0.3) is 0 Å². The van der Waals surface area contributed by atoms with Crippen LogP contribution in [0, 0.1) is 18.3 Å². The summed E-state index contributed by atoms with van der Waals surface area (Å²) in [6, 6.07) is 8.45. The molecule has 17 heavy (non-hydrogen) atoms. The van der Waals surface area contributed by atoms with Crippen LogP contribution in [-0.2, 0) is 0 Å². The van der Waals surface area contributed by atoms with Gasteiger partial charge in [-0.25, -0.2) is 0 Å². The Kier molecular flexibility index (Phi) is 5.56. The maximum absolute atomic E-state index is 8.88. The molecule has 2 nitrogen and oxygen atoms in total. The zero-order valence-corrected chi connectivity index (χ0v) is 11.1. The summed E-state index contributed by atoms with van der Waals surface area (Å²) in [6.45, 7) is 6.50. The van der Waals surface area contributed by atoms with Crippen molar-refractivity contribution in [1.82, 2.24) is 0 Å². The number of anilines is 1. The van der Waals surface area contributed by atoms with Gasteiger partial charge in [-0.1, -0.05) is 32.3 Å². The molecule has 1 rings (SSSR count). The molecule has 0 amide bonds. The number of unbranched alkanes of at least 4 members (excludes halogenated alkanes) is 2. The van der Waals surface area contributed by atoms with Crippen molar-refractivity contribution in [1.29, 1.82) is 5.26 Å². The van der Waals surface area contributed by atoms with E-state index in [0.717, 1.165) is 11.3 Å². The number of benzene rings is 1. The van der Waals surface area contributed by atoms with E-state index in [1.165, 1.54) is 31.2 Å². The highest BCUT2D eigenvalue weighted by molar-refractivity contribution is 5.55. The van der Waals surface area contributed by atoms with Crippen molar-refractivity contribution in [3.05, 3.63) is 29.3 Å². The number of rotatable bonds is 6. The SMILES string of the molecule is CCCCCC(C)Nc1cc(C#N)ccc1C. The van der Waals surface area contributed by atoms with Gasteiger partial charge in [0.15, 0.2) is 0 Å². The molecule has 0 saturated carbocycles. The Bertz CT molecular complexity index is 390. The zero-order valence-electron chi connectivity index (χ0n) is 11.1. The predicted octanol–water partition coefficient (Wildman–Crippen LogP) is 4.25. The molecule has 0 spiro atoms. The van der Waals surface area contributed by atoms with E-state index in [2.05, 4.69) is 32.2 Å². The van der Waals surface area contributed by atoms with E-state index in [1.54, 1.807) is 0 Å². The quantitative estimate of drug-likeness (QED) is 0.742. The lowest BCUT2D eigenvalue weighted by Crippen LogP contribution is -2.15. The summed E-state index contributed by atoms with van der Waals surface area (Å²) < 4.78 is 0. The average Bonchev–Trinajstić information content (AvgIpc) is 2.32. The number of nitrogens with one attached hydrogen (secondary N) is 1. The van der Waals surface area contributed by atoms with Gasteiger partial charge in [-0.2, -0.15) is 5.26 Å². The minimum absolute atomic E-state index is 0.467. The smallest absolute Gasteiger partial charge is 0.0992 e. The normalized spacial score (nSPS) is 11.9. The van der Waals surface area contributed by atoms with Crippen LogP contribution in [0.2, 0.25) is 0 Å². The fraction of sp³-hybridized carbons (Fsp3) is 0.533. The number of aryl methyl sites for hydroxylation is 1. The first-order valence-electron chi connectivity index (χ1n) is 6.44. The number of hydrogen-bond donors (Lipinski definition) is 1. The highest BCUT2D eigenvalue weighted by Crippen LogP contribution is 2.18. The third-order valence-corrected chi connectivity index (χ3v) is 3.01. The molecule has 0 aliphatic rings. The summed E-state index contributed by atoms with van der Waals surface area (Å²) in [5.41, 5.74) is 3.01. The molecule has 1 unspecified atom stereocenters. The maximum atomic E-state index is 8.88. The van der Waals surface area contributed by atoms with Crippen LogP contribution in [0.25, 0.3) is 0 Å². The topological polar surface area (TPSA) is 35.8 Å². The van der Waals surface area contributed by atoms with Gasteiger partial charge in [0.05, 0.1) is 11.6 Å². The molecule has 0 radical (unpaired) electrons. The predicted molar refractivity (Wildman–Crippen MR) is 73.1 cm³/mol. The molecule has 1 aromatic rings. The van der Waals surface area contributed by atoms with Gasteiger partial charge in [0.2, 0.25) is 0 Å². The maximum Gasteiger partial charge on any atom is 0.0992 e. The van der Waals surface area contributed by atoms with Crippen molar-refractivity contribution in [3.63, 3.8) is 0 Å². The molecule has 1 aromatic carbocycles. The lowest BCUT2D eigenvalue weighted by Gasteiger charge is -2.17. The molecular weight excluding hydrogens is 208 g/mol. The average molecular weight is 230 g/mol. The first-order chi connectivity index (χ1) is 8.17. The summed E-state index contributed by atoms with van der Waals surface area (Å²) in [7, 11) is 0. The van der Waals surface area contributed by atoms with E-state index in [-0.39, 0.29) is 0 Å². The van der Waals surface area contributed by atoms with Crippen molar-refractivity contribution in [2.45, 2.75) is 52.5 Å². The standard InChI is InChI=1S/C15H22N2/c1-4-5-6-7-13(3)17-15-10-14(11-16)9-8-12(15)2/h8-10,13,17H,4-7H2,1-3H3. The summed E-state index contributed by atoms with van der Waals surface area (Å²) in [6.07, 6.45) is 5.00. The van der Waals surface area contributed by atoms with E-state index >= 15 is 0 Å². The van der Waals surface area contributed by atoms with E-state index < -0.39 is 0 Å². The van der Waals surface area contributed by atoms with Crippen molar-refractivity contribution in [3.8, 4) is 6.07 Å². The lowest BCUT2D eigenvalue weighted by atomic mass is 10.1. The van der Waals surface area contributed by atoms with Crippen LogP contribution in [0.4, 0.5) is 5.69 Å². The summed E-state index contributed by atoms with van der Waals surface area (Å²) >= 11 is 0. The summed E-state index contributed by atoms with van der Waals surface area (Å²) in [4.78, 5) is 0. The van der Waals surface area contributed by atoms with Gasteiger partial charge in [-0.3, -0.25) is 0 Å². The minimum Gasteiger partial charge on any atom is -0.382 e. The molecule has 0 fully saturated rings. The molecule has 1 N–H and O–H groups in total. The third-order valence-electron chi connectivity index (χ3n) is 3.01. The summed E-state index contributed by atoms with van der Waals surface area (Å²) in [5.74, 6) is 0. The van der Waals surface area contributed by atoms with Crippen LogP contribution in [0.5, 0.6) is 0 Å². The van der Waals surface area contributed by atoms with Crippen LogP contribution >= 0.6 is 0 Å². The third kappa shape index (κ3) is 4.48. The monoisotopic (exact) mass is 230 g/mol. The first-order valence-corrected chi connectivity index (χ1v) is 6.44. The number of nitrogens with zero attached hydrogens (tertiary/aromatic N) is 1. The molecule has 1 atom stereocenters. The fourth-order valence-corrected chi connectivity index (χ4v) is 1.89. The van der Waals surface area contributed by atoms with Gasteiger partial charge in [-0.15, -0.1) is 0 Å². The number of nitriles is 1. The van der Waals surface area contributed by atoms with Gasteiger partial charge in [-0.05, 0) is 38.0 Å². The summed E-state index contributed by atoms with van der Waals surface area (Å²) in [5, 5.41) is 12.4. The van der Waals surface area contributed by atoms with Crippen LogP contribution in [-0.4, -0.2) is 6.04 Å². The van der Waals surface area contributed by atoms with E-state index in [1.807, 2.05) is 18.2 Å². The Morgan fingerprint density at radius 1 is 1.35 bits per heavy atom. The minimum atomic E-state index is 0.467. The molecule has 2 heteroatoms. The zero-order chi connectivity index (χ0) is 12.7. The van der Waals surface area contributed by atoms with Crippen molar-refractivity contribution in [2.75, 3.05) is 5.32 Å². The largest absolute Gasteiger partial charge is 0.382 e. The van der Waals surface area contributed by atoms with Crippen LogP contribution < -0.4 is 5.32 Å². The Morgan fingerprint density at radius 2 is 2.12 bits per heavy atom. The van der Waals surface area contributed by atoms with Crippen molar-refractivity contribution in [2.24, 2.45) is 0 Å². The molecule has 0 heterocycles. The lowest BCUT2D eigenvalue weighted by molar-refractivity contribution is 0.615. The molecule has 0 aromatic heterocycles. The molecule has 0 saturated heterocycles. The first kappa shape index (κ1) is 13.6. The second kappa shape index (κ2) is 6.96. The molecule has 92 valence electrons. The highest BCUT2D eigenvalue weighted by Gasteiger charge is 2.05. The van der Waals surface area contributed by atoms with Gasteiger partial charge >= 0.3 is 0 Å². The fourth-order valence-electron chi connectivity index (χ4n) is 1.89. The Morgan fingerprint density at radius 3 is 2.76 bits per heavy atom. The molecule has 0 aliphatic carbocycles. The van der Waals surface area contributed by atoms with E-state index in [9.17, 15) is 0 Å². The Labute approximate surface area is 105 Å². The molecule has 0 aliphatic heterocycles. The van der Waals surface area contributed by atoms with Gasteiger partial charge in [0.1, 0.15) is 0 Å². The van der Waals surface area contributed by atoms with E-state index in [4.69, 9.17) is 5.26 Å². The Balaban J connectivity index is 2.58. The van der Waals surface area contributed by atoms with Crippen molar-refractivity contribution >= 4 is 5.69 Å². The van der Waals surface area contributed by atoms with E-state index in [0.29, 0.717) is 6.04 Å². The number of hydrogen-bond acceptors (Lipinski definition) is 2. The van der Waals surface area contributed by atoms with Crippen LogP contribution in [0.15, 0.2) is 18.2 Å². The van der Waals surface area contributed by atoms with Crippen LogP contribution in [0.3, 0.4) is 0 Å². The van der Waals surface area contributed by atoms with Crippen molar-refractivity contribution < 1.29 is 0 Å². The molecular formula is C15H22N2. The second-order valence-corrected chi connectivity index (χ2v) is 4.68.